The first-order chi connectivity index (χ1) is 8.13. The summed E-state index contributed by atoms with van der Waals surface area (Å²) >= 11 is 0.910. The van der Waals surface area contributed by atoms with Gasteiger partial charge in [-0.25, -0.2) is 9.78 Å². The largest absolute Gasteiger partial charge is 0.496 e. The fraction of sp³-hybridized carbons (Fsp3) is 0.0909. The molecular formula is C11H9NO4S. The third-order valence-electron chi connectivity index (χ3n) is 2.14. The molecule has 2 rings (SSSR count). The van der Waals surface area contributed by atoms with Gasteiger partial charge in [0.15, 0.2) is 4.88 Å². The molecule has 0 unspecified atom stereocenters. The van der Waals surface area contributed by atoms with Crippen molar-refractivity contribution in [2.45, 2.75) is 0 Å². The number of nitrogens with zero attached hydrogens (tertiary/aromatic N) is 1. The van der Waals surface area contributed by atoms with Crippen LogP contribution in [0.4, 0.5) is 0 Å². The van der Waals surface area contributed by atoms with Crippen molar-refractivity contribution in [1.82, 2.24) is 4.98 Å². The van der Waals surface area contributed by atoms with Gasteiger partial charge in [0.1, 0.15) is 10.8 Å². The molecule has 0 atom stereocenters. The molecule has 17 heavy (non-hydrogen) atoms. The minimum Gasteiger partial charge on any atom is -0.496 e. The van der Waals surface area contributed by atoms with Gasteiger partial charge in [0.25, 0.3) is 0 Å². The van der Waals surface area contributed by atoms with Gasteiger partial charge in [0, 0.05) is 0 Å². The van der Waals surface area contributed by atoms with Gasteiger partial charge < -0.3 is 14.9 Å². The molecule has 6 heteroatoms. The number of carboxylic acid groups (broad SMARTS) is 1. The van der Waals surface area contributed by atoms with Crippen LogP contribution in [0.2, 0.25) is 0 Å². The van der Waals surface area contributed by atoms with Gasteiger partial charge in [0.2, 0.25) is 5.88 Å². The summed E-state index contributed by atoms with van der Waals surface area (Å²) in [5.41, 5.74) is 0.655. The Bertz CT molecular complexity index is 564. The van der Waals surface area contributed by atoms with Crippen LogP contribution >= 0.6 is 11.3 Å². The third kappa shape index (κ3) is 2.07. The first kappa shape index (κ1) is 11.4. The molecule has 0 aliphatic carbocycles. The average Bonchev–Trinajstić information content (AvgIpc) is 2.71. The van der Waals surface area contributed by atoms with Gasteiger partial charge in [-0.2, -0.15) is 0 Å². The van der Waals surface area contributed by atoms with Crippen LogP contribution in [0.15, 0.2) is 24.3 Å². The predicted molar refractivity (Wildman–Crippen MR) is 62.7 cm³/mol. The topological polar surface area (TPSA) is 79.7 Å². The van der Waals surface area contributed by atoms with E-state index < -0.39 is 11.8 Å². The molecule has 0 saturated heterocycles. The standard InChI is InChI=1S/C11H9NO4S/c1-16-7-5-3-2-4-6(7)10-12-9(13)8(17-10)11(14)15/h2-5,13H,1H3,(H,14,15). The highest BCUT2D eigenvalue weighted by molar-refractivity contribution is 7.17. The second-order valence-electron chi connectivity index (χ2n) is 3.18. The molecule has 0 aliphatic rings. The lowest BCUT2D eigenvalue weighted by molar-refractivity contribution is 0.0699. The van der Waals surface area contributed by atoms with Gasteiger partial charge >= 0.3 is 5.97 Å². The Morgan fingerprint density at radius 3 is 2.71 bits per heavy atom. The molecular weight excluding hydrogens is 242 g/mol. The lowest BCUT2D eigenvalue weighted by Gasteiger charge is -2.04. The molecule has 0 radical (unpaired) electrons. The molecule has 0 bridgehead atoms. The summed E-state index contributed by atoms with van der Waals surface area (Å²) in [5, 5.41) is 18.7. The fourth-order valence-electron chi connectivity index (χ4n) is 1.39. The van der Waals surface area contributed by atoms with E-state index in [0.29, 0.717) is 16.3 Å². The van der Waals surface area contributed by atoms with Crippen molar-refractivity contribution in [3.05, 3.63) is 29.1 Å². The van der Waals surface area contributed by atoms with Crippen molar-refractivity contribution < 1.29 is 19.7 Å². The monoisotopic (exact) mass is 251 g/mol. The highest BCUT2D eigenvalue weighted by atomic mass is 32.1. The zero-order valence-corrected chi connectivity index (χ0v) is 9.69. The third-order valence-corrected chi connectivity index (χ3v) is 3.21. The number of hydrogen-bond donors (Lipinski definition) is 2. The first-order valence-corrected chi connectivity index (χ1v) is 5.51. The molecule has 88 valence electrons. The molecule has 0 saturated carbocycles. The van der Waals surface area contributed by atoms with E-state index in [1.165, 1.54) is 7.11 Å². The molecule has 1 heterocycles. The number of aromatic carboxylic acids is 1. The lowest BCUT2D eigenvalue weighted by atomic mass is 10.2. The zero-order valence-electron chi connectivity index (χ0n) is 8.88. The number of para-hydroxylation sites is 1. The van der Waals surface area contributed by atoms with E-state index in [0.717, 1.165) is 11.3 Å². The van der Waals surface area contributed by atoms with Crippen molar-refractivity contribution in [2.75, 3.05) is 7.11 Å². The van der Waals surface area contributed by atoms with E-state index in [4.69, 9.17) is 9.84 Å². The van der Waals surface area contributed by atoms with Crippen LogP contribution in [0.5, 0.6) is 11.6 Å². The number of rotatable bonds is 3. The highest BCUT2D eigenvalue weighted by Crippen LogP contribution is 2.36. The van der Waals surface area contributed by atoms with E-state index in [-0.39, 0.29) is 4.88 Å². The van der Waals surface area contributed by atoms with Crippen LogP contribution in [-0.2, 0) is 0 Å². The number of methoxy groups -OCH3 is 1. The Balaban J connectivity index is 2.53. The number of thiazole rings is 1. The summed E-state index contributed by atoms with van der Waals surface area (Å²) in [6, 6.07) is 7.08. The molecule has 1 aromatic heterocycles. The van der Waals surface area contributed by atoms with Crippen molar-refractivity contribution in [3.8, 4) is 22.2 Å². The number of aromatic nitrogens is 1. The number of hydrogen-bond acceptors (Lipinski definition) is 5. The normalized spacial score (nSPS) is 10.2. The Hall–Kier alpha value is -2.08. The molecule has 1 aromatic carbocycles. The summed E-state index contributed by atoms with van der Waals surface area (Å²) < 4.78 is 5.15. The first-order valence-electron chi connectivity index (χ1n) is 4.70. The van der Waals surface area contributed by atoms with Crippen LogP contribution in [-0.4, -0.2) is 28.3 Å². The second-order valence-corrected chi connectivity index (χ2v) is 4.18. The number of ether oxygens (including phenoxy) is 1. The van der Waals surface area contributed by atoms with E-state index in [1.54, 1.807) is 24.3 Å². The van der Waals surface area contributed by atoms with E-state index in [1.807, 2.05) is 0 Å². The smallest absolute Gasteiger partial charge is 0.351 e. The predicted octanol–water partition coefficient (Wildman–Crippen LogP) is 2.22. The van der Waals surface area contributed by atoms with Crippen LogP contribution in [0.25, 0.3) is 10.6 Å². The van der Waals surface area contributed by atoms with Crippen LogP contribution in [0, 0.1) is 0 Å². The number of carbonyl (C=O) groups is 1. The highest BCUT2D eigenvalue weighted by Gasteiger charge is 2.19. The van der Waals surface area contributed by atoms with Crippen molar-refractivity contribution >= 4 is 17.3 Å². The Morgan fingerprint density at radius 1 is 1.41 bits per heavy atom. The quantitative estimate of drug-likeness (QED) is 0.874. The Labute approximate surface area is 101 Å². The molecule has 0 amide bonds. The molecule has 0 aliphatic heterocycles. The molecule has 0 fully saturated rings. The maximum atomic E-state index is 10.8. The molecule has 0 spiro atoms. The van der Waals surface area contributed by atoms with Gasteiger partial charge in [0.05, 0.1) is 12.7 Å². The Morgan fingerprint density at radius 2 is 2.12 bits per heavy atom. The van der Waals surface area contributed by atoms with Gasteiger partial charge in [-0.3, -0.25) is 0 Å². The van der Waals surface area contributed by atoms with Crippen molar-refractivity contribution in [1.29, 1.82) is 0 Å². The van der Waals surface area contributed by atoms with Crippen LogP contribution in [0.1, 0.15) is 9.67 Å². The molecule has 2 aromatic rings. The van der Waals surface area contributed by atoms with Crippen LogP contribution in [0.3, 0.4) is 0 Å². The summed E-state index contributed by atoms with van der Waals surface area (Å²) in [4.78, 5) is 14.4. The van der Waals surface area contributed by atoms with Gasteiger partial charge in [-0.1, -0.05) is 12.1 Å². The van der Waals surface area contributed by atoms with Crippen LogP contribution < -0.4 is 4.74 Å². The minimum absolute atomic E-state index is 0.175. The van der Waals surface area contributed by atoms with Gasteiger partial charge in [-0.05, 0) is 12.1 Å². The molecule has 5 nitrogen and oxygen atoms in total. The van der Waals surface area contributed by atoms with E-state index >= 15 is 0 Å². The molecule has 2 N–H and O–H groups in total. The zero-order chi connectivity index (χ0) is 12.4. The lowest BCUT2D eigenvalue weighted by Crippen LogP contribution is -1.91. The second kappa shape index (κ2) is 4.42. The summed E-state index contributed by atoms with van der Waals surface area (Å²) in [6.45, 7) is 0. The Kier molecular flexibility index (Phi) is 2.97. The summed E-state index contributed by atoms with van der Waals surface area (Å²) in [5.74, 6) is -1.08. The number of benzene rings is 1. The SMILES string of the molecule is COc1ccccc1-c1nc(O)c(C(=O)O)s1. The number of aromatic hydroxyl groups is 1. The maximum Gasteiger partial charge on any atom is 0.351 e. The number of carboxylic acids is 1. The summed E-state index contributed by atoms with van der Waals surface area (Å²) in [6.07, 6.45) is 0. The van der Waals surface area contributed by atoms with E-state index in [2.05, 4.69) is 4.98 Å². The van der Waals surface area contributed by atoms with Gasteiger partial charge in [-0.15, -0.1) is 11.3 Å². The average molecular weight is 251 g/mol. The fourth-order valence-corrected chi connectivity index (χ4v) is 2.22. The van der Waals surface area contributed by atoms with Crippen molar-refractivity contribution in [3.63, 3.8) is 0 Å². The summed E-state index contributed by atoms with van der Waals surface area (Å²) in [7, 11) is 1.52. The minimum atomic E-state index is -1.19. The van der Waals surface area contributed by atoms with Crippen molar-refractivity contribution in [2.24, 2.45) is 0 Å². The maximum absolute atomic E-state index is 10.8. The van der Waals surface area contributed by atoms with E-state index in [9.17, 15) is 9.90 Å².